The molecule has 0 unspecified atom stereocenters. The number of carbonyl (C=O) groups is 5. The van der Waals surface area contributed by atoms with Crippen LogP contribution < -0.4 is 0 Å². The molecule has 0 aromatic rings. The van der Waals surface area contributed by atoms with Gasteiger partial charge in [-0.05, 0) is 64.2 Å². The second kappa shape index (κ2) is 13.9. The monoisotopic (exact) mass is 575 g/mol. The Labute approximate surface area is 246 Å². The molecule has 1 saturated carbocycles. The Hall–Kier alpha value is -2.09. The van der Waals surface area contributed by atoms with Gasteiger partial charge in [0.1, 0.15) is 5.60 Å². The van der Waals surface area contributed by atoms with E-state index in [9.17, 15) is 24.0 Å². The molecule has 1 amide bonds. The van der Waals surface area contributed by atoms with Crippen molar-refractivity contribution >= 4 is 29.2 Å². The van der Waals surface area contributed by atoms with Gasteiger partial charge in [-0.1, -0.05) is 52.9 Å². The van der Waals surface area contributed by atoms with E-state index in [0.717, 1.165) is 38.5 Å². The number of nitrogens with zero attached hydrogens (tertiary/aromatic N) is 1. The van der Waals surface area contributed by atoms with Crippen molar-refractivity contribution in [3.63, 3.8) is 0 Å². The lowest BCUT2D eigenvalue weighted by Crippen LogP contribution is -2.50. The van der Waals surface area contributed by atoms with Gasteiger partial charge in [0.15, 0.2) is 11.6 Å². The van der Waals surface area contributed by atoms with Crippen LogP contribution in [0.4, 0.5) is 0 Å². The van der Waals surface area contributed by atoms with E-state index in [1.165, 1.54) is 0 Å². The van der Waals surface area contributed by atoms with Crippen LogP contribution in [0.1, 0.15) is 119 Å². The Morgan fingerprint density at radius 1 is 1.05 bits per heavy atom. The number of amides is 1. The lowest BCUT2D eigenvalue weighted by atomic mass is 9.85. The fourth-order valence-electron chi connectivity index (χ4n) is 6.90. The minimum atomic E-state index is -0.776. The highest BCUT2D eigenvalue weighted by Crippen LogP contribution is 2.65. The molecule has 3 fully saturated rings. The quantitative estimate of drug-likeness (QED) is 0.292. The topological polar surface area (TPSA) is 107 Å². The second-order valence-corrected chi connectivity index (χ2v) is 14.2. The predicted octanol–water partition coefficient (Wildman–Crippen LogP) is 5.48. The van der Waals surface area contributed by atoms with Gasteiger partial charge in [0.2, 0.25) is 11.7 Å². The minimum absolute atomic E-state index is 0.00257. The Morgan fingerprint density at radius 2 is 1.71 bits per heavy atom. The number of Topliss-reactive ketones (excluding diaryl/α,β-unsaturated/α-hetero) is 3. The summed E-state index contributed by atoms with van der Waals surface area (Å²) in [5.41, 5.74) is -0.770. The van der Waals surface area contributed by atoms with Gasteiger partial charge in [0.05, 0.1) is 24.5 Å². The average Bonchev–Trinajstić information content (AvgIpc) is 3.21. The molecule has 3 aliphatic rings. The zero-order valence-corrected chi connectivity index (χ0v) is 26.5. The zero-order valence-electron chi connectivity index (χ0n) is 26.5. The number of piperidine rings is 1. The minimum Gasteiger partial charge on any atom is -0.460 e. The molecule has 6 atom stereocenters. The summed E-state index contributed by atoms with van der Waals surface area (Å²) in [6, 6.07) is -0.662. The number of ketones is 3. The Bertz CT molecular complexity index is 981. The van der Waals surface area contributed by atoms with Crippen LogP contribution in [-0.2, 0) is 33.4 Å². The van der Waals surface area contributed by atoms with Crippen molar-refractivity contribution in [3.05, 3.63) is 0 Å². The molecule has 232 valence electrons. The number of carbonyl (C=O) groups excluding carboxylic acids is 5. The number of hydrogen-bond donors (Lipinski definition) is 0. The van der Waals surface area contributed by atoms with Crippen molar-refractivity contribution in [3.8, 4) is 0 Å². The first-order chi connectivity index (χ1) is 19.2. The Morgan fingerprint density at radius 3 is 2.37 bits per heavy atom. The lowest BCUT2D eigenvalue weighted by Gasteiger charge is -2.35. The first-order valence-electron chi connectivity index (χ1n) is 15.9. The highest BCUT2D eigenvalue weighted by atomic mass is 16.6. The summed E-state index contributed by atoms with van der Waals surface area (Å²) in [5.74, 6) is -2.92. The fourth-order valence-corrected chi connectivity index (χ4v) is 6.90. The van der Waals surface area contributed by atoms with Gasteiger partial charge in [-0.2, -0.15) is 0 Å². The summed E-state index contributed by atoms with van der Waals surface area (Å²) < 4.78 is 11.7. The van der Waals surface area contributed by atoms with Gasteiger partial charge in [0, 0.05) is 31.9 Å². The van der Waals surface area contributed by atoms with E-state index in [1.54, 1.807) is 25.7 Å². The van der Waals surface area contributed by atoms with Gasteiger partial charge in [-0.25, -0.2) is 0 Å². The number of hydrogen-bond acceptors (Lipinski definition) is 7. The normalized spacial score (nSPS) is 31.2. The van der Waals surface area contributed by atoms with Crippen LogP contribution in [0.5, 0.6) is 0 Å². The van der Waals surface area contributed by atoms with E-state index < -0.39 is 41.3 Å². The van der Waals surface area contributed by atoms with Gasteiger partial charge < -0.3 is 14.4 Å². The number of ether oxygens (including phenoxy) is 2. The molecular formula is C33H53NO7. The van der Waals surface area contributed by atoms with Crippen LogP contribution in [0.25, 0.3) is 0 Å². The highest BCUT2D eigenvalue weighted by molar-refractivity contribution is 6.38. The summed E-state index contributed by atoms with van der Waals surface area (Å²) >= 11 is 0. The van der Waals surface area contributed by atoms with E-state index in [4.69, 9.17) is 9.47 Å². The number of unbranched alkanes of at least 4 members (excludes halogenated alkanes) is 1. The maximum atomic E-state index is 14.2. The van der Waals surface area contributed by atoms with Gasteiger partial charge in [-0.15, -0.1) is 0 Å². The van der Waals surface area contributed by atoms with Crippen LogP contribution in [0.3, 0.4) is 0 Å². The molecule has 0 radical (unpaired) electrons. The SMILES string of the molecule is CCCCC(=O)C(=O)[C@@H]1CCCCCCCO[C@@H](C)[C@H](CC(=O)OC(C)(C)C)C(=O)N2C[C@H]3[C@@H]([C@H]2C(=O)C1)C3(C)C. The molecular weight excluding hydrogens is 522 g/mol. The first kappa shape index (κ1) is 33.4. The molecule has 0 spiro atoms. The molecule has 3 rings (SSSR count). The smallest absolute Gasteiger partial charge is 0.307 e. The molecule has 41 heavy (non-hydrogen) atoms. The fraction of sp³-hybridized carbons (Fsp3) is 0.848. The summed E-state index contributed by atoms with van der Waals surface area (Å²) in [5, 5.41) is 0. The molecule has 2 heterocycles. The van der Waals surface area contributed by atoms with Gasteiger partial charge in [0.25, 0.3) is 0 Å². The summed E-state index contributed by atoms with van der Waals surface area (Å²) in [6.07, 6.45) is 5.99. The second-order valence-electron chi connectivity index (χ2n) is 14.2. The highest BCUT2D eigenvalue weighted by Gasteiger charge is 2.69. The molecule has 8 heteroatoms. The van der Waals surface area contributed by atoms with Crippen LogP contribution in [0.15, 0.2) is 0 Å². The van der Waals surface area contributed by atoms with Crippen molar-refractivity contribution in [2.45, 2.75) is 137 Å². The first-order valence-corrected chi connectivity index (χ1v) is 15.9. The Balaban J connectivity index is 1.90. The van der Waals surface area contributed by atoms with Crippen LogP contribution >= 0.6 is 0 Å². The van der Waals surface area contributed by atoms with Crippen LogP contribution in [-0.4, -0.2) is 65.0 Å². The molecule has 0 N–H and O–H groups in total. The third-order valence-electron chi connectivity index (χ3n) is 9.44. The van der Waals surface area contributed by atoms with E-state index in [-0.39, 0.29) is 54.0 Å². The number of fused-ring (bicyclic) bond motifs is 3. The predicted molar refractivity (Wildman–Crippen MR) is 156 cm³/mol. The van der Waals surface area contributed by atoms with Crippen molar-refractivity contribution in [2.24, 2.45) is 29.1 Å². The van der Waals surface area contributed by atoms with Crippen LogP contribution in [0.2, 0.25) is 0 Å². The van der Waals surface area contributed by atoms with E-state index >= 15 is 0 Å². The molecule has 0 bridgehead atoms. The van der Waals surface area contributed by atoms with E-state index in [0.29, 0.717) is 26.0 Å². The van der Waals surface area contributed by atoms with Crippen LogP contribution in [0, 0.1) is 29.1 Å². The zero-order chi connectivity index (χ0) is 30.5. The van der Waals surface area contributed by atoms with Crippen molar-refractivity contribution in [2.75, 3.05) is 13.2 Å². The molecule has 0 aromatic heterocycles. The van der Waals surface area contributed by atoms with Crippen molar-refractivity contribution in [1.29, 1.82) is 0 Å². The maximum Gasteiger partial charge on any atom is 0.307 e. The largest absolute Gasteiger partial charge is 0.460 e. The van der Waals surface area contributed by atoms with E-state index in [1.807, 2.05) is 13.8 Å². The molecule has 2 aliphatic heterocycles. The number of rotatable bonds is 7. The molecule has 8 nitrogen and oxygen atoms in total. The maximum absolute atomic E-state index is 14.2. The third-order valence-corrected chi connectivity index (χ3v) is 9.44. The summed E-state index contributed by atoms with van der Waals surface area (Å²) in [7, 11) is 0. The third kappa shape index (κ3) is 8.48. The van der Waals surface area contributed by atoms with Crippen molar-refractivity contribution in [1.82, 2.24) is 4.90 Å². The molecule has 2 saturated heterocycles. The summed E-state index contributed by atoms with van der Waals surface area (Å²) in [6.45, 7) is 14.3. The lowest BCUT2D eigenvalue weighted by molar-refractivity contribution is -0.162. The van der Waals surface area contributed by atoms with Gasteiger partial charge >= 0.3 is 5.97 Å². The summed E-state index contributed by atoms with van der Waals surface area (Å²) in [4.78, 5) is 68.7. The molecule has 0 aromatic carbocycles. The molecule has 1 aliphatic carbocycles. The van der Waals surface area contributed by atoms with Crippen molar-refractivity contribution < 1.29 is 33.4 Å². The average molecular weight is 576 g/mol. The van der Waals surface area contributed by atoms with Gasteiger partial charge in [-0.3, -0.25) is 24.0 Å². The van der Waals surface area contributed by atoms with E-state index in [2.05, 4.69) is 13.8 Å². The number of esters is 1. The Kier molecular flexibility index (Phi) is 11.3. The standard InChI is InChI=1S/C33H53NO7/c1-8-9-16-25(35)30(38)22-15-13-11-10-12-14-17-40-21(2)23(19-27(37)41-32(3,4)5)31(39)34-20-24-28(33(24,6)7)29(34)26(36)18-22/h21-24,28-29H,8-20H2,1-7H3/t21-,22+,23-,24-,28-,29+/m0/s1.